The molecule has 0 aromatic carbocycles. The summed E-state index contributed by atoms with van der Waals surface area (Å²) in [6, 6.07) is 0.750. The van der Waals surface area contributed by atoms with Crippen LogP contribution in [0.3, 0.4) is 0 Å². The molecule has 1 aliphatic rings. The maximum absolute atomic E-state index is 12.4. The first-order valence-corrected chi connectivity index (χ1v) is 8.27. The molecule has 1 atom stereocenters. The van der Waals surface area contributed by atoms with Gasteiger partial charge in [-0.05, 0) is 13.0 Å². The van der Waals surface area contributed by atoms with Crippen molar-refractivity contribution >= 4 is 17.7 Å². The first-order chi connectivity index (χ1) is 10.4. The first-order valence-electron chi connectivity index (χ1n) is 7.12. The summed E-state index contributed by atoms with van der Waals surface area (Å²) in [5, 5.41) is 2.75. The number of carbonyl (C=O) groups excluding carboxylic acids is 1. The Morgan fingerprint density at radius 1 is 1.45 bits per heavy atom. The molecule has 4 nitrogen and oxygen atoms in total. The Labute approximate surface area is 131 Å². The SMILES string of the molecule is CC(C(=O)NCCc1cc(C(F)(F)F)co1)N1CCSCC1. The highest BCUT2D eigenvalue weighted by Crippen LogP contribution is 2.30. The summed E-state index contributed by atoms with van der Waals surface area (Å²) in [5.74, 6) is 2.15. The molecule has 0 spiro atoms. The fourth-order valence-electron chi connectivity index (χ4n) is 2.25. The average Bonchev–Trinajstić information content (AvgIpc) is 2.96. The van der Waals surface area contributed by atoms with E-state index in [9.17, 15) is 18.0 Å². The molecule has 1 unspecified atom stereocenters. The molecule has 0 bridgehead atoms. The standard InChI is InChI=1S/C14H19F3N2O2S/c1-10(19-4-6-22-7-5-19)13(20)18-3-2-12-8-11(9-21-12)14(15,16)17/h8-10H,2-7H2,1H3,(H,18,20). The van der Waals surface area contributed by atoms with Gasteiger partial charge in [-0.2, -0.15) is 24.9 Å². The molecule has 0 saturated carbocycles. The van der Waals surface area contributed by atoms with E-state index in [1.807, 2.05) is 18.7 Å². The van der Waals surface area contributed by atoms with Gasteiger partial charge in [-0.1, -0.05) is 0 Å². The second-order valence-corrected chi connectivity index (χ2v) is 6.39. The quantitative estimate of drug-likeness (QED) is 0.897. The monoisotopic (exact) mass is 336 g/mol. The molecule has 1 amide bonds. The number of furan rings is 1. The maximum Gasteiger partial charge on any atom is 0.419 e. The lowest BCUT2D eigenvalue weighted by Crippen LogP contribution is -2.48. The van der Waals surface area contributed by atoms with Crippen molar-refractivity contribution in [3.63, 3.8) is 0 Å². The predicted octanol–water partition coefficient (Wildman–Crippen LogP) is 2.39. The Bertz CT molecular complexity index is 499. The van der Waals surface area contributed by atoms with Crippen LogP contribution in [0.5, 0.6) is 0 Å². The van der Waals surface area contributed by atoms with Crippen LogP contribution in [0.4, 0.5) is 13.2 Å². The van der Waals surface area contributed by atoms with Crippen LogP contribution in [0.25, 0.3) is 0 Å². The number of nitrogens with zero attached hydrogens (tertiary/aromatic N) is 1. The van der Waals surface area contributed by atoms with E-state index in [1.165, 1.54) is 0 Å². The summed E-state index contributed by atoms with van der Waals surface area (Å²) in [7, 11) is 0. The van der Waals surface area contributed by atoms with Crippen LogP contribution in [0.2, 0.25) is 0 Å². The average molecular weight is 336 g/mol. The van der Waals surface area contributed by atoms with Gasteiger partial charge in [0.25, 0.3) is 0 Å². The van der Waals surface area contributed by atoms with Gasteiger partial charge in [0.05, 0.1) is 11.6 Å². The second-order valence-electron chi connectivity index (χ2n) is 5.16. The molecule has 2 heterocycles. The number of halogens is 3. The van der Waals surface area contributed by atoms with Gasteiger partial charge >= 0.3 is 6.18 Å². The third kappa shape index (κ3) is 4.67. The Morgan fingerprint density at radius 3 is 2.73 bits per heavy atom. The van der Waals surface area contributed by atoms with Crippen LogP contribution in [-0.2, 0) is 17.4 Å². The van der Waals surface area contributed by atoms with Gasteiger partial charge in [0.1, 0.15) is 12.0 Å². The largest absolute Gasteiger partial charge is 0.469 e. The third-order valence-corrected chi connectivity index (χ3v) is 4.57. The Hall–Kier alpha value is -1.15. The number of hydrogen-bond acceptors (Lipinski definition) is 4. The number of carbonyl (C=O) groups is 1. The van der Waals surface area contributed by atoms with Crippen molar-refractivity contribution < 1.29 is 22.4 Å². The van der Waals surface area contributed by atoms with Crippen LogP contribution < -0.4 is 5.32 Å². The molecule has 8 heteroatoms. The van der Waals surface area contributed by atoms with E-state index in [-0.39, 0.29) is 30.7 Å². The number of alkyl halides is 3. The molecule has 0 aliphatic carbocycles. The topological polar surface area (TPSA) is 45.5 Å². The lowest BCUT2D eigenvalue weighted by Gasteiger charge is -2.31. The fourth-order valence-corrected chi connectivity index (χ4v) is 3.18. The van der Waals surface area contributed by atoms with E-state index in [4.69, 9.17) is 4.42 Å². The molecule has 1 aliphatic heterocycles. The first kappa shape index (κ1) is 17.2. The number of hydrogen-bond donors (Lipinski definition) is 1. The highest BCUT2D eigenvalue weighted by Gasteiger charge is 2.32. The zero-order chi connectivity index (χ0) is 16.2. The van der Waals surface area contributed by atoms with Crippen molar-refractivity contribution in [3.8, 4) is 0 Å². The van der Waals surface area contributed by atoms with Gasteiger partial charge in [-0.3, -0.25) is 9.69 Å². The third-order valence-electron chi connectivity index (χ3n) is 3.62. The molecule has 1 fully saturated rings. The minimum atomic E-state index is -4.40. The van der Waals surface area contributed by atoms with E-state index in [1.54, 1.807) is 0 Å². The minimum absolute atomic E-state index is 0.102. The van der Waals surface area contributed by atoms with Crippen LogP contribution >= 0.6 is 11.8 Å². The van der Waals surface area contributed by atoms with Crippen LogP contribution in [0.1, 0.15) is 18.2 Å². The van der Waals surface area contributed by atoms with E-state index in [2.05, 4.69) is 10.2 Å². The molecule has 1 aromatic heterocycles. The maximum atomic E-state index is 12.4. The van der Waals surface area contributed by atoms with Crippen molar-refractivity contribution in [2.45, 2.75) is 25.6 Å². The molecule has 0 radical (unpaired) electrons. The van der Waals surface area contributed by atoms with Crippen LogP contribution in [0.15, 0.2) is 16.7 Å². The van der Waals surface area contributed by atoms with Crippen LogP contribution in [0, 0.1) is 0 Å². The van der Waals surface area contributed by atoms with Gasteiger partial charge < -0.3 is 9.73 Å². The predicted molar refractivity (Wildman–Crippen MR) is 78.8 cm³/mol. The van der Waals surface area contributed by atoms with Gasteiger partial charge in [-0.15, -0.1) is 0 Å². The highest BCUT2D eigenvalue weighted by molar-refractivity contribution is 7.99. The molecule has 1 saturated heterocycles. The molecule has 2 rings (SSSR count). The number of rotatable bonds is 5. The second kappa shape index (κ2) is 7.41. The van der Waals surface area contributed by atoms with Crippen molar-refractivity contribution in [2.24, 2.45) is 0 Å². The highest BCUT2D eigenvalue weighted by atomic mass is 32.2. The van der Waals surface area contributed by atoms with Crippen molar-refractivity contribution in [1.29, 1.82) is 0 Å². The fraction of sp³-hybridized carbons (Fsp3) is 0.643. The van der Waals surface area contributed by atoms with Crippen molar-refractivity contribution in [2.75, 3.05) is 31.1 Å². The van der Waals surface area contributed by atoms with Crippen LogP contribution in [-0.4, -0.2) is 48.0 Å². The van der Waals surface area contributed by atoms with Gasteiger partial charge in [0.2, 0.25) is 5.91 Å². The molecule has 1 aromatic rings. The van der Waals surface area contributed by atoms with Gasteiger partial charge in [0, 0.05) is 37.6 Å². The Kier molecular flexibility index (Phi) is 5.80. The normalized spacial score (nSPS) is 18.2. The van der Waals surface area contributed by atoms with E-state index in [0.29, 0.717) is 6.26 Å². The smallest absolute Gasteiger partial charge is 0.419 e. The zero-order valence-corrected chi connectivity index (χ0v) is 13.1. The summed E-state index contributed by atoms with van der Waals surface area (Å²) in [5.41, 5.74) is -0.798. The number of nitrogens with one attached hydrogen (secondary N) is 1. The number of thioether (sulfide) groups is 1. The summed E-state index contributed by atoms with van der Waals surface area (Å²) in [4.78, 5) is 14.1. The lowest BCUT2D eigenvalue weighted by atomic mass is 10.2. The van der Waals surface area contributed by atoms with E-state index in [0.717, 1.165) is 30.7 Å². The molecule has 22 heavy (non-hydrogen) atoms. The van der Waals surface area contributed by atoms with Crippen molar-refractivity contribution in [1.82, 2.24) is 10.2 Å². The lowest BCUT2D eigenvalue weighted by molar-refractivity contribution is -0.138. The number of amides is 1. The summed E-state index contributed by atoms with van der Waals surface area (Å²) in [6.45, 7) is 3.87. The summed E-state index contributed by atoms with van der Waals surface area (Å²) in [6.07, 6.45) is -3.46. The Balaban J connectivity index is 1.75. The molecule has 1 N–H and O–H groups in total. The van der Waals surface area contributed by atoms with Gasteiger partial charge in [-0.25, -0.2) is 0 Å². The van der Waals surface area contributed by atoms with Gasteiger partial charge in [0.15, 0.2) is 0 Å². The molecule has 124 valence electrons. The Morgan fingerprint density at radius 2 is 2.14 bits per heavy atom. The molecular formula is C14H19F3N2O2S. The van der Waals surface area contributed by atoms with E-state index >= 15 is 0 Å². The zero-order valence-electron chi connectivity index (χ0n) is 12.3. The van der Waals surface area contributed by atoms with E-state index < -0.39 is 11.7 Å². The minimum Gasteiger partial charge on any atom is -0.469 e. The van der Waals surface area contributed by atoms with Crippen molar-refractivity contribution in [3.05, 3.63) is 23.7 Å². The summed E-state index contributed by atoms with van der Waals surface area (Å²) >= 11 is 1.87. The molecular weight excluding hydrogens is 317 g/mol. The summed E-state index contributed by atoms with van der Waals surface area (Å²) < 4.78 is 42.1.